The van der Waals surface area contributed by atoms with Gasteiger partial charge in [0, 0.05) is 24.8 Å². The van der Waals surface area contributed by atoms with E-state index in [-0.39, 0.29) is 6.61 Å². The van der Waals surface area contributed by atoms with Gasteiger partial charge in [0.25, 0.3) is 5.56 Å². The van der Waals surface area contributed by atoms with Crippen molar-refractivity contribution in [3.05, 3.63) is 32.6 Å². The molecule has 7 nitrogen and oxygen atoms in total. The van der Waals surface area contributed by atoms with Crippen LogP contribution in [0.15, 0.2) is 15.8 Å². The van der Waals surface area contributed by atoms with Crippen LogP contribution in [0.2, 0.25) is 0 Å². The number of aryl methyl sites for hydroxylation is 1. The van der Waals surface area contributed by atoms with Gasteiger partial charge in [-0.05, 0) is 12.8 Å². The van der Waals surface area contributed by atoms with E-state index in [0.29, 0.717) is 24.5 Å². The number of ether oxygens (including phenoxy) is 2. The molecule has 2 heterocycles. The van der Waals surface area contributed by atoms with Crippen LogP contribution >= 0.6 is 0 Å². The minimum Gasteiger partial charge on any atom is -0.390 e. The highest BCUT2D eigenvalue weighted by atomic mass is 16.6. The van der Waals surface area contributed by atoms with Crippen molar-refractivity contribution in [3.8, 4) is 0 Å². The van der Waals surface area contributed by atoms with Gasteiger partial charge in [0.2, 0.25) is 0 Å². The Labute approximate surface area is 122 Å². The fourth-order valence-electron chi connectivity index (χ4n) is 2.26. The Morgan fingerprint density at radius 2 is 2.24 bits per heavy atom. The molecule has 0 aliphatic carbocycles. The van der Waals surface area contributed by atoms with Gasteiger partial charge < -0.3 is 14.6 Å². The number of nitrogens with zero attached hydrogens (tertiary/aromatic N) is 1. The first kappa shape index (κ1) is 15.9. The summed E-state index contributed by atoms with van der Waals surface area (Å²) in [6.07, 6.45) is 0.00155. The lowest BCUT2D eigenvalue weighted by atomic mass is 10.2. The molecule has 7 heteroatoms. The molecule has 1 aromatic heterocycles. The molecule has 0 amide bonds. The zero-order chi connectivity index (χ0) is 15.6. The predicted molar refractivity (Wildman–Crippen MR) is 76.3 cm³/mol. The highest BCUT2D eigenvalue weighted by molar-refractivity contribution is 5.02. The number of hydrogen-bond donors (Lipinski definition) is 2. The van der Waals surface area contributed by atoms with Crippen LogP contribution in [-0.2, 0) is 9.47 Å². The van der Waals surface area contributed by atoms with Gasteiger partial charge >= 0.3 is 5.69 Å². The van der Waals surface area contributed by atoms with Crippen LogP contribution in [0, 0.1) is 12.8 Å². The molecule has 1 saturated heterocycles. The average molecular weight is 298 g/mol. The number of nitrogens with one attached hydrogen (secondary N) is 1. The zero-order valence-corrected chi connectivity index (χ0v) is 12.5. The van der Waals surface area contributed by atoms with Crippen LogP contribution in [-0.4, -0.2) is 40.1 Å². The Balaban J connectivity index is 2.05. The van der Waals surface area contributed by atoms with Crippen molar-refractivity contribution in [3.63, 3.8) is 0 Å². The molecule has 0 bridgehead atoms. The molecule has 118 valence electrons. The van der Waals surface area contributed by atoms with Gasteiger partial charge in [-0.2, -0.15) is 0 Å². The quantitative estimate of drug-likeness (QED) is 0.808. The second-order valence-electron chi connectivity index (χ2n) is 5.84. The van der Waals surface area contributed by atoms with Crippen molar-refractivity contribution in [2.24, 2.45) is 5.92 Å². The molecule has 21 heavy (non-hydrogen) atoms. The van der Waals surface area contributed by atoms with Gasteiger partial charge in [-0.25, -0.2) is 4.79 Å². The zero-order valence-electron chi connectivity index (χ0n) is 12.5. The molecule has 2 rings (SSSR count). The summed E-state index contributed by atoms with van der Waals surface area (Å²) in [6.45, 7) is 6.57. The summed E-state index contributed by atoms with van der Waals surface area (Å²) in [7, 11) is 0. The largest absolute Gasteiger partial charge is 0.390 e. The summed E-state index contributed by atoms with van der Waals surface area (Å²) in [5.74, 6) is 0.406. The van der Waals surface area contributed by atoms with Gasteiger partial charge in [-0.15, -0.1) is 0 Å². The fourth-order valence-corrected chi connectivity index (χ4v) is 2.26. The molecular weight excluding hydrogens is 276 g/mol. The molecule has 0 saturated carbocycles. The van der Waals surface area contributed by atoms with Crippen LogP contribution in [0.3, 0.4) is 0 Å². The lowest BCUT2D eigenvalue weighted by Crippen LogP contribution is -2.33. The van der Waals surface area contributed by atoms with Crippen molar-refractivity contribution in [1.82, 2.24) is 9.55 Å². The van der Waals surface area contributed by atoms with Crippen LogP contribution in [0.4, 0.5) is 0 Å². The standard InChI is InChI=1S/C14H22N2O5/c1-8(2)6-20-7-11-10(17)4-12(21-11)16-5-9(3)13(18)15-14(16)19/h5,8,10-12,17H,4,6-7H2,1-3H3,(H,15,18,19)/t10-,11+,12+/m0/s1. The maximum Gasteiger partial charge on any atom is 0.330 e. The lowest BCUT2D eigenvalue weighted by molar-refractivity contribution is -0.0667. The smallest absolute Gasteiger partial charge is 0.330 e. The lowest BCUT2D eigenvalue weighted by Gasteiger charge is -2.17. The number of aromatic amines is 1. The van der Waals surface area contributed by atoms with E-state index in [4.69, 9.17) is 9.47 Å². The van der Waals surface area contributed by atoms with Crippen molar-refractivity contribution in [2.45, 2.75) is 45.6 Å². The summed E-state index contributed by atoms with van der Waals surface area (Å²) in [6, 6.07) is 0. The highest BCUT2D eigenvalue weighted by Gasteiger charge is 2.35. The van der Waals surface area contributed by atoms with Gasteiger partial charge in [0.1, 0.15) is 12.3 Å². The Hall–Kier alpha value is -1.44. The predicted octanol–water partition coefficient (Wildman–Crippen LogP) is 0.166. The third kappa shape index (κ3) is 3.81. The minimum absolute atomic E-state index is 0.285. The third-order valence-electron chi connectivity index (χ3n) is 3.39. The summed E-state index contributed by atoms with van der Waals surface area (Å²) < 4.78 is 12.5. The summed E-state index contributed by atoms with van der Waals surface area (Å²) in [5.41, 5.74) is -0.523. The van der Waals surface area contributed by atoms with E-state index in [2.05, 4.69) is 4.98 Å². The van der Waals surface area contributed by atoms with E-state index in [9.17, 15) is 14.7 Å². The van der Waals surface area contributed by atoms with Gasteiger partial charge in [0.05, 0.1) is 12.7 Å². The van der Waals surface area contributed by atoms with Crippen LogP contribution < -0.4 is 11.2 Å². The molecule has 0 radical (unpaired) electrons. The van der Waals surface area contributed by atoms with Crippen molar-refractivity contribution in [2.75, 3.05) is 13.2 Å². The van der Waals surface area contributed by atoms with Crippen LogP contribution in [0.1, 0.15) is 32.1 Å². The molecule has 1 aliphatic heterocycles. The number of aliphatic hydroxyl groups is 1. The molecular formula is C14H22N2O5. The summed E-state index contributed by atoms with van der Waals surface area (Å²) in [5, 5.41) is 10.0. The molecule has 1 fully saturated rings. The molecule has 0 spiro atoms. The first-order valence-corrected chi connectivity index (χ1v) is 7.11. The van der Waals surface area contributed by atoms with E-state index in [1.807, 2.05) is 13.8 Å². The van der Waals surface area contributed by atoms with Crippen molar-refractivity contribution in [1.29, 1.82) is 0 Å². The Kier molecular flexibility index (Phi) is 4.97. The second-order valence-corrected chi connectivity index (χ2v) is 5.84. The first-order valence-electron chi connectivity index (χ1n) is 7.11. The molecule has 0 aromatic carbocycles. The Morgan fingerprint density at radius 1 is 1.52 bits per heavy atom. The van der Waals surface area contributed by atoms with Crippen molar-refractivity contribution >= 4 is 0 Å². The number of hydrogen-bond acceptors (Lipinski definition) is 5. The highest BCUT2D eigenvalue weighted by Crippen LogP contribution is 2.27. The third-order valence-corrected chi connectivity index (χ3v) is 3.39. The van der Waals surface area contributed by atoms with E-state index >= 15 is 0 Å². The molecule has 0 unspecified atom stereocenters. The fraction of sp³-hybridized carbons (Fsp3) is 0.714. The van der Waals surface area contributed by atoms with E-state index < -0.39 is 29.7 Å². The van der Waals surface area contributed by atoms with E-state index in [0.717, 1.165) is 0 Å². The average Bonchev–Trinajstić information content (AvgIpc) is 2.75. The monoisotopic (exact) mass is 298 g/mol. The molecule has 3 atom stereocenters. The molecule has 1 aromatic rings. The van der Waals surface area contributed by atoms with Crippen LogP contribution in [0.25, 0.3) is 0 Å². The first-order chi connectivity index (χ1) is 9.88. The number of rotatable bonds is 5. The SMILES string of the molecule is Cc1cn([C@H]2C[C@H](O)[C@@H](COCC(C)C)O2)c(=O)[nH]c1=O. The topological polar surface area (TPSA) is 93.6 Å². The molecule has 2 N–H and O–H groups in total. The van der Waals surface area contributed by atoms with Crippen LogP contribution in [0.5, 0.6) is 0 Å². The number of aromatic nitrogens is 2. The maximum atomic E-state index is 11.8. The number of H-pyrrole nitrogens is 1. The van der Waals surface area contributed by atoms with Crippen molar-refractivity contribution < 1.29 is 14.6 Å². The van der Waals surface area contributed by atoms with Gasteiger partial charge in [0.15, 0.2) is 0 Å². The van der Waals surface area contributed by atoms with E-state index in [1.165, 1.54) is 10.8 Å². The summed E-state index contributed by atoms with van der Waals surface area (Å²) >= 11 is 0. The summed E-state index contributed by atoms with van der Waals surface area (Å²) in [4.78, 5) is 25.4. The second kappa shape index (κ2) is 6.55. The maximum absolute atomic E-state index is 11.8. The van der Waals surface area contributed by atoms with Gasteiger partial charge in [-0.1, -0.05) is 13.8 Å². The Bertz CT molecular complexity index is 592. The van der Waals surface area contributed by atoms with E-state index in [1.54, 1.807) is 6.92 Å². The normalized spacial score (nSPS) is 25.7. The minimum atomic E-state index is -0.693. The van der Waals surface area contributed by atoms with Gasteiger partial charge in [-0.3, -0.25) is 14.3 Å². The Morgan fingerprint density at radius 3 is 2.90 bits per heavy atom. The molecule has 1 aliphatic rings. The number of aliphatic hydroxyl groups excluding tert-OH is 1.